The minimum absolute atomic E-state index is 0.178. The largest absolute Gasteiger partial charge is 0.369 e. The number of thiazole rings is 1. The number of para-hydroxylation sites is 1. The number of nitrogens with two attached hydrogens (primary N) is 1. The molecule has 1 aromatic carbocycles. The van der Waals surface area contributed by atoms with Gasteiger partial charge < -0.3 is 5.73 Å². The molecule has 0 aliphatic heterocycles. The highest BCUT2D eigenvalue weighted by Crippen LogP contribution is 2.32. The van der Waals surface area contributed by atoms with Crippen LogP contribution in [0.15, 0.2) is 47.1 Å². The predicted molar refractivity (Wildman–Crippen MR) is 98.3 cm³/mol. The highest BCUT2D eigenvalue weighted by molar-refractivity contribution is 8.01. The first-order valence-corrected chi connectivity index (χ1v) is 9.12. The summed E-state index contributed by atoms with van der Waals surface area (Å²) in [6.07, 6.45) is 3.09. The third kappa shape index (κ3) is 4.06. The summed E-state index contributed by atoms with van der Waals surface area (Å²) in [7, 11) is 0. The van der Waals surface area contributed by atoms with E-state index in [0.717, 1.165) is 15.6 Å². The lowest BCUT2D eigenvalue weighted by atomic mass is 10.3. The van der Waals surface area contributed by atoms with Crippen LogP contribution in [0.3, 0.4) is 0 Å². The van der Waals surface area contributed by atoms with Gasteiger partial charge in [0.25, 0.3) is 5.91 Å². The Morgan fingerprint density at radius 2 is 2.08 bits per heavy atom. The number of amides is 2. The number of nitrogens with zero attached hydrogens (tertiary/aromatic N) is 3. The molecule has 0 radical (unpaired) electrons. The molecule has 7 nitrogen and oxygen atoms in total. The maximum atomic E-state index is 12.6. The first-order chi connectivity index (χ1) is 12.0. The van der Waals surface area contributed by atoms with E-state index in [2.05, 4.69) is 15.3 Å². The summed E-state index contributed by atoms with van der Waals surface area (Å²) in [4.78, 5) is 31.9. The molecule has 0 saturated heterocycles. The highest BCUT2D eigenvalue weighted by Gasteiger charge is 2.16. The first kappa shape index (κ1) is 17.2. The second-order valence-corrected chi connectivity index (χ2v) is 7.33. The Labute approximate surface area is 152 Å². The summed E-state index contributed by atoms with van der Waals surface area (Å²) in [6.45, 7) is 1.82. The summed E-state index contributed by atoms with van der Waals surface area (Å²) >= 11 is 2.62. The van der Waals surface area contributed by atoms with Crippen LogP contribution >= 0.6 is 23.1 Å². The molecule has 0 aliphatic carbocycles. The van der Waals surface area contributed by atoms with Gasteiger partial charge in [0.1, 0.15) is 5.69 Å². The van der Waals surface area contributed by atoms with Crippen LogP contribution in [-0.4, -0.2) is 32.1 Å². The number of benzene rings is 1. The summed E-state index contributed by atoms with van der Waals surface area (Å²) in [6, 6.07) is 9.48. The van der Waals surface area contributed by atoms with Crippen molar-refractivity contribution in [2.75, 3.05) is 11.1 Å². The fourth-order valence-corrected chi connectivity index (χ4v) is 4.00. The van der Waals surface area contributed by atoms with E-state index < -0.39 is 5.91 Å². The fourth-order valence-electron chi connectivity index (χ4n) is 2.13. The maximum Gasteiger partial charge on any atom is 0.276 e. The Hall–Kier alpha value is -2.65. The van der Waals surface area contributed by atoms with Crippen LogP contribution in [0.25, 0.3) is 5.69 Å². The van der Waals surface area contributed by atoms with Crippen molar-refractivity contribution in [3.8, 4) is 5.69 Å². The minimum atomic E-state index is -0.393. The van der Waals surface area contributed by atoms with Gasteiger partial charge in [-0.15, -0.1) is 11.8 Å². The van der Waals surface area contributed by atoms with Crippen LogP contribution in [0.4, 0.5) is 5.13 Å². The molecule has 9 heteroatoms. The van der Waals surface area contributed by atoms with Crippen molar-refractivity contribution in [1.82, 2.24) is 14.5 Å². The van der Waals surface area contributed by atoms with Gasteiger partial charge >= 0.3 is 0 Å². The van der Waals surface area contributed by atoms with Crippen LogP contribution in [0.5, 0.6) is 0 Å². The number of carbonyl (C=O) groups is 2. The fraction of sp³-hybridized carbons (Fsp3) is 0.125. The van der Waals surface area contributed by atoms with Gasteiger partial charge in [-0.2, -0.15) is 0 Å². The zero-order chi connectivity index (χ0) is 17.8. The van der Waals surface area contributed by atoms with E-state index in [-0.39, 0.29) is 11.7 Å². The number of thioether (sulfide) groups is 1. The summed E-state index contributed by atoms with van der Waals surface area (Å²) in [5.74, 6) is -0.520. The van der Waals surface area contributed by atoms with Crippen molar-refractivity contribution in [3.63, 3.8) is 0 Å². The number of aromatic nitrogens is 3. The molecule has 3 rings (SSSR count). The lowest BCUT2D eigenvalue weighted by Gasteiger charge is -2.07. The smallest absolute Gasteiger partial charge is 0.276 e. The van der Waals surface area contributed by atoms with Crippen LogP contribution in [-0.2, 0) is 4.79 Å². The molecule has 0 unspecified atom stereocenters. The molecule has 0 atom stereocenters. The monoisotopic (exact) mass is 373 g/mol. The third-order valence-electron chi connectivity index (χ3n) is 3.23. The quantitative estimate of drug-likeness (QED) is 0.646. The lowest BCUT2D eigenvalue weighted by molar-refractivity contribution is -0.115. The zero-order valence-electron chi connectivity index (χ0n) is 13.3. The van der Waals surface area contributed by atoms with Crippen LogP contribution in [0.1, 0.15) is 16.2 Å². The first-order valence-electron chi connectivity index (χ1n) is 7.32. The molecule has 0 aliphatic rings. The van der Waals surface area contributed by atoms with Gasteiger partial charge in [-0.25, -0.2) is 9.97 Å². The molecule has 2 aromatic heterocycles. The molecule has 0 fully saturated rings. The van der Waals surface area contributed by atoms with Gasteiger partial charge in [0, 0.05) is 5.69 Å². The van der Waals surface area contributed by atoms with E-state index in [1.807, 2.05) is 37.3 Å². The molecule has 3 N–H and O–H groups in total. The number of anilines is 1. The van der Waals surface area contributed by atoms with Crippen molar-refractivity contribution in [2.45, 2.75) is 11.1 Å². The van der Waals surface area contributed by atoms with E-state index >= 15 is 0 Å². The van der Waals surface area contributed by atoms with Crippen LogP contribution in [0.2, 0.25) is 0 Å². The third-order valence-corrected chi connectivity index (χ3v) is 5.68. The molecule has 25 heavy (non-hydrogen) atoms. The van der Waals surface area contributed by atoms with Crippen molar-refractivity contribution < 1.29 is 9.59 Å². The van der Waals surface area contributed by atoms with Gasteiger partial charge in [-0.1, -0.05) is 29.5 Å². The minimum Gasteiger partial charge on any atom is -0.369 e. The highest BCUT2D eigenvalue weighted by atomic mass is 32.2. The number of hydrogen-bond acceptors (Lipinski definition) is 6. The van der Waals surface area contributed by atoms with E-state index in [1.54, 1.807) is 10.9 Å². The summed E-state index contributed by atoms with van der Waals surface area (Å²) in [5.41, 5.74) is 7.17. The number of primary amides is 1. The summed E-state index contributed by atoms with van der Waals surface area (Å²) < 4.78 is 2.56. The Morgan fingerprint density at radius 3 is 2.80 bits per heavy atom. The second-order valence-electron chi connectivity index (χ2n) is 5.09. The van der Waals surface area contributed by atoms with Crippen molar-refractivity contribution >= 4 is 40.0 Å². The van der Waals surface area contributed by atoms with Gasteiger partial charge in [0.15, 0.2) is 5.13 Å². The van der Waals surface area contributed by atoms with Gasteiger partial charge in [0.05, 0.1) is 28.2 Å². The van der Waals surface area contributed by atoms with Gasteiger partial charge in [-0.3, -0.25) is 19.5 Å². The molecule has 2 heterocycles. The second kappa shape index (κ2) is 7.49. The number of hydrogen-bond donors (Lipinski definition) is 2. The Bertz CT molecular complexity index is 904. The lowest BCUT2D eigenvalue weighted by Crippen LogP contribution is -2.15. The molecule has 0 spiro atoms. The van der Waals surface area contributed by atoms with Gasteiger partial charge in [0.2, 0.25) is 5.91 Å². The SMILES string of the molecule is Cc1nc(NC(=O)c2cncn2-c2ccccc2)sc1SCC(N)=O. The zero-order valence-corrected chi connectivity index (χ0v) is 14.9. The average Bonchev–Trinajstić information content (AvgIpc) is 3.20. The molecular weight excluding hydrogens is 358 g/mol. The molecule has 0 saturated carbocycles. The topological polar surface area (TPSA) is 103 Å². The Morgan fingerprint density at radius 1 is 1.32 bits per heavy atom. The van der Waals surface area contributed by atoms with E-state index in [9.17, 15) is 9.59 Å². The van der Waals surface area contributed by atoms with E-state index in [4.69, 9.17) is 5.73 Å². The Balaban J connectivity index is 1.77. The number of imidazole rings is 1. The van der Waals surface area contributed by atoms with E-state index in [1.165, 1.54) is 29.3 Å². The van der Waals surface area contributed by atoms with Crippen LogP contribution in [0, 0.1) is 6.92 Å². The van der Waals surface area contributed by atoms with Crippen molar-refractivity contribution in [2.24, 2.45) is 5.73 Å². The standard InChI is InChI=1S/C16H15N5O2S2/c1-10-15(24-8-13(17)22)25-16(19-10)20-14(23)12-7-18-9-21(12)11-5-3-2-4-6-11/h2-7,9H,8H2,1H3,(H2,17,22)(H,19,20,23). The average molecular weight is 373 g/mol. The van der Waals surface area contributed by atoms with Gasteiger partial charge in [-0.05, 0) is 19.1 Å². The van der Waals surface area contributed by atoms with Crippen molar-refractivity contribution in [3.05, 3.63) is 54.2 Å². The molecule has 2 amide bonds. The van der Waals surface area contributed by atoms with Crippen molar-refractivity contribution in [1.29, 1.82) is 0 Å². The number of aryl methyl sites for hydroxylation is 1. The summed E-state index contributed by atoms with van der Waals surface area (Å²) in [5, 5.41) is 3.25. The predicted octanol–water partition coefficient (Wildman–Crippen LogP) is 2.47. The molecule has 3 aromatic rings. The maximum absolute atomic E-state index is 12.6. The number of nitrogens with one attached hydrogen (secondary N) is 1. The molecule has 0 bridgehead atoms. The number of carbonyl (C=O) groups excluding carboxylic acids is 2. The normalized spacial score (nSPS) is 10.6. The van der Waals surface area contributed by atoms with Crippen LogP contribution < -0.4 is 11.1 Å². The molecular formula is C16H15N5O2S2. The Kier molecular flexibility index (Phi) is 5.15. The van der Waals surface area contributed by atoms with E-state index in [0.29, 0.717) is 10.8 Å². The number of rotatable bonds is 6. The molecule has 128 valence electrons.